The zero-order valence-electron chi connectivity index (χ0n) is 12.8. The number of aryl methyl sites for hydroxylation is 2. The Balaban J connectivity index is 2.10. The molecule has 1 aromatic carbocycles. The number of benzene rings is 1. The molecule has 1 heterocycles. The number of nitrogens with one attached hydrogen (secondary N) is 1. The van der Waals surface area contributed by atoms with E-state index in [1.165, 1.54) is 0 Å². The van der Waals surface area contributed by atoms with Crippen LogP contribution < -0.4 is 10.1 Å². The van der Waals surface area contributed by atoms with Gasteiger partial charge in [-0.05, 0) is 43.2 Å². The highest BCUT2D eigenvalue weighted by Crippen LogP contribution is 2.30. The fourth-order valence-corrected chi connectivity index (χ4v) is 2.30. The largest absolute Gasteiger partial charge is 0.437 e. The molecule has 1 aromatic heterocycles. The van der Waals surface area contributed by atoms with Crippen LogP contribution in [0.4, 0.5) is 0 Å². The number of hydrogen-bond donors (Lipinski definition) is 1. The van der Waals surface area contributed by atoms with Crippen LogP contribution in [0.25, 0.3) is 0 Å². The molecule has 0 aliphatic heterocycles. The molecule has 0 unspecified atom stereocenters. The topological polar surface area (TPSA) is 47.0 Å². The molecule has 2 rings (SSSR count). The highest BCUT2D eigenvalue weighted by atomic mass is 35.5. The first-order valence-electron chi connectivity index (χ1n) is 6.96. The molecule has 1 N–H and O–H groups in total. The van der Waals surface area contributed by atoms with Crippen molar-refractivity contribution in [3.05, 3.63) is 46.1 Å². The molecule has 0 aliphatic carbocycles. The molecule has 0 atom stereocenters. The van der Waals surface area contributed by atoms with Gasteiger partial charge in [0.05, 0.1) is 5.69 Å². The minimum Gasteiger partial charge on any atom is -0.437 e. The summed E-state index contributed by atoms with van der Waals surface area (Å²) in [6.07, 6.45) is 0. The number of halogens is 1. The third-order valence-corrected chi connectivity index (χ3v) is 3.24. The second-order valence-electron chi connectivity index (χ2n) is 5.37. The molecule has 0 radical (unpaired) electrons. The molecule has 2 aromatic rings. The smallest absolute Gasteiger partial charge is 0.238 e. The molecular formula is C16H20ClN3O. The Morgan fingerprint density at radius 2 is 1.81 bits per heavy atom. The molecule has 0 saturated carbocycles. The van der Waals surface area contributed by atoms with Crippen molar-refractivity contribution in [2.24, 2.45) is 0 Å². The number of rotatable bonds is 5. The van der Waals surface area contributed by atoms with Gasteiger partial charge < -0.3 is 10.1 Å². The van der Waals surface area contributed by atoms with Gasteiger partial charge in [0.25, 0.3) is 0 Å². The first-order valence-corrected chi connectivity index (χ1v) is 7.34. The van der Waals surface area contributed by atoms with E-state index in [4.69, 9.17) is 16.3 Å². The van der Waals surface area contributed by atoms with Crippen molar-refractivity contribution in [1.82, 2.24) is 15.5 Å². The zero-order valence-corrected chi connectivity index (χ0v) is 13.5. The lowest BCUT2D eigenvalue weighted by atomic mass is 10.1. The van der Waals surface area contributed by atoms with Crippen LogP contribution in [0.15, 0.2) is 24.3 Å². The van der Waals surface area contributed by atoms with Crippen LogP contribution in [0.3, 0.4) is 0 Å². The van der Waals surface area contributed by atoms with Crippen molar-refractivity contribution in [2.45, 2.75) is 40.3 Å². The van der Waals surface area contributed by atoms with Crippen molar-refractivity contribution >= 4 is 11.6 Å². The minimum absolute atomic E-state index is 0.419. The predicted molar refractivity (Wildman–Crippen MR) is 85.0 cm³/mol. The fraction of sp³-hybridized carbons (Fsp3) is 0.375. The number of hydrogen-bond acceptors (Lipinski definition) is 4. The number of ether oxygens (including phenoxy) is 1. The molecule has 5 heteroatoms. The summed E-state index contributed by atoms with van der Waals surface area (Å²) < 4.78 is 5.82. The van der Waals surface area contributed by atoms with Crippen LogP contribution in [-0.4, -0.2) is 16.2 Å². The lowest BCUT2D eigenvalue weighted by Gasteiger charge is -2.11. The summed E-state index contributed by atoms with van der Waals surface area (Å²) >= 11 is 6.02. The van der Waals surface area contributed by atoms with Crippen LogP contribution in [0.1, 0.15) is 30.7 Å². The lowest BCUT2D eigenvalue weighted by molar-refractivity contribution is 0.446. The van der Waals surface area contributed by atoms with Crippen molar-refractivity contribution in [3.8, 4) is 11.6 Å². The average Bonchev–Trinajstić information content (AvgIpc) is 2.41. The van der Waals surface area contributed by atoms with E-state index in [1.54, 1.807) is 0 Å². The van der Waals surface area contributed by atoms with Crippen molar-refractivity contribution in [1.29, 1.82) is 0 Å². The van der Waals surface area contributed by atoms with Gasteiger partial charge in [0.15, 0.2) is 0 Å². The fourth-order valence-electron chi connectivity index (χ4n) is 1.97. The third-order valence-electron chi connectivity index (χ3n) is 3.02. The van der Waals surface area contributed by atoms with Crippen LogP contribution >= 0.6 is 11.6 Å². The maximum atomic E-state index is 6.02. The van der Waals surface area contributed by atoms with E-state index >= 15 is 0 Å². The Morgan fingerprint density at radius 1 is 1.14 bits per heavy atom. The van der Waals surface area contributed by atoms with Gasteiger partial charge in [-0.15, -0.1) is 5.10 Å². The summed E-state index contributed by atoms with van der Waals surface area (Å²) in [5.74, 6) is 1.26. The highest BCUT2D eigenvalue weighted by Gasteiger charge is 2.08. The molecule has 112 valence electrons. The van der Waals surface area contributed by atoms with Gasteiger partial charge in [0.2, 0.25) is 5.88 Å². The second-order valence-corrected chi connectivity index (χ2v) is 5.81. The van der Waals surface area contributed by atoms with E-state index in [1.807, 2.05) is 38.1 Å². The molecule has 0 spiro atoms. The SMILES string of the molecule is Cc1cc(Cl)cc(C)c1Oc1ccc(CNC(C)C)nn1. The second kappa shape index (κ2) is 6.87. The molecule has 21 heavy (non-hydrogen) atoms. The summed E-state index contributed by atoms with van der Waals surface area (Å²) in [5.41, 5.74) is 2.85. The van der Waals surface area contributed by atoms with E-state index in [-0.39, 0.29) is 0 Å². The minimum atomic E-state index is 0.419. The van der Waals surface area contributed by atoms with E-state index in [9.17, 15) is 0 Å². The van der Waals surface area contributed by atoms with E-state index < -0.39 is 0 Å². The first-order chi connectivity index (χ1) is 9.95. The summed E-state index contributed by atoms with van der Waals surface area (Å²) in [6.45, 7) is 8.81. The Morgan fingerprint density at radius 3 is 2.33 bits per heavy atom. The standard InChI is InChI=1S/C16H20ClN3O/c1-10(2)18-9-14-5-6-15(20-19-14)21-16-11(3)7-13(17)8-12(16)4/h5-8,10,18H,9H2,1-4H3. The summed E-state index contributed by atoms with van der Waals surface area (Å²) in [5, 5.41) is 12.3. The maximum absolute atomic E-state index is 6.02. The third kappa shape index (κ3) is 4.41. The number of aromatic nitrogens is 2. The normalized spacial score (nSPS) is 11.0. The van der Waals surface area contributed by atoms with Gasteiger partial charge in [-0.25, -0.2) is 0 Å². The number of nitrogens with zero attached hydrogens (tertiary/aromatic N) is 2. The molecule has 4 nitrogen and oxygen atoms in total. The summed E-state index contributed by atoms with van der Waals surface area (Å²) in [7, 11) is 0. The average molecular weight is 306 g/mol. The maximum Gasteiger partial charge on any atom is 0.238 e. The Bertz CT molecular complexity index is 588. The van der Waals surface area contributed by atoms with Gasteiger partial charge >= 0.3 is 0 Å². The van der Waals surface area contributed by atoms with Crippen LogP contribution in [0.5, 0.6) is 11.6 Å². The summed E-state index contributed by atoms with van der Waals surface area (Å²) in [6, 6.07) is 7.91. The molecular weight excluding hydrogens is 286 g/mol. The molecule has 0 bridgehead atoms. The zero-order chi connectivity index (χ0) is 15.4. The van der Waals surface area contributed by atoms with E-state index in [0.29, 0.717) is 23.5 Å². The van der Waals surface area contributed by atoms with Crippen molar-refractivity contribution in [2.75, 3.05) is 0 Å². The summed E-state index contributed by atoms with van der Waals surface area (Å²) in [4.78, 5) is 0. The van der Waals surface area contributed by atoms with Crippen molar-refractivity contribution < 1.29 is 4.74 Å². The van der Waals surface area contributed by atoms with Crippen LogP contribution in [0, 0.1) is 13.8 Å². The Hall–Kier alpha value is -1.65. The Kier molecular flexibility index (Phi) is 5.15. The predicted octanol–water partition coefficient (Wildman–Crippen LogP) is 4.04. The molecule has 0 aliphatic rings. The molecule has 0 amide bonds. The molecule has 0 saturated heterocycles. The van der Waals surface area contributed by atoms with Gasteiger partial charge in [0, 0.05) is 23.7 Å². The lowest BCUT2D eigenvalue weighted by Crippen LogP contribution is -2.22. The van der Waals surface area contributed by atoms with Gasteiger partial charge in [-0.1, -0.05) is 25.4 Å². The highest BCUT2D eigenvalue weighted by molar-refractivity contribution is 6.30. The van der Waals surface area contributed by atoms with Crippen LogP contribution in [-0.2, 0) is 6.54 Å². The van der Waals surface area contributed by atoms with E-state index in [0.717, 1.165) is 22.6 Å². The van der Waals surface area contributed by atoms with Gasteiger partial charge in [-0.2, -0.15) is 5.10 Å². The van der Waals surface area contributed by atoms with Gasteiger partial charge in [-0.3, -0.25) is 0 Å². The monoisotopic (exact) mass is 305 g/mol. The Labute approximate surface area is 130 Å². The van der Waals surface area contributed by atoms with E-state index in [2.05, 4.69) is 29.4 Å². The van der Waals surface area contributed by atoms with Gasteiger partial charge in [0.1, 0.15) is 5.75 Å². The quantitative estimate of drug-likeness (QED) is 0.905. The van der Waals surface area contributed by atoms with Crippen molar-refractivity contribution in [3.63, 3.8) is 0 Å². The molecule has 0 fully saturated rings. The van der Waals surface area contributed by atoms with Crippen LogP contribution in [0.2, 0.25) is 5.02 Å². The first kappa shape index (κ1) is 15.7.